The molecule has 1 aromatic rings. The van der Waals surface area contributed by atoms with Crippen LogP contribution < -0.4 is 5.32 Å². The topological polar surface area (TPSA) is 79.3 Å². The minimum absolute atomic E-state index is 0.0349. The number of nitrogens with zero attached hydrogens (tertiary/aromatic N) is 1. The van der Waals surface area contributed by atoms with Crippen molar-refractivity contribution in [2.45, 2.75) is 57.5 Å². The zero-order chi connectivity index (χ0) is 20.9. The Balaban J connectivity index is 1.43. The Hall–Kier alpha value is -2.53. The maximum atomic E-state index is 13.1. The Morgan fingerprint density at radius 1 is 1.30 bits per heavy atom. The highest BCUT2D eigenvalue weighted by Crippen LogP contribution is 2.59. The summed E-state index contributed by atoms with van der Waals surface area (Å²) in [4.78, 5) is 29.1. The number of carbonyl (C=O) groups is 2. The molecule has 0 saturated heterocycles. The molecule has 0 spiro atoms. The molecule has 0 aromatic carbocycles. The SMILES string of the molecule is CC12CC=C3C=C4CCC(=O)CC4CC[C@]3(O)C1CC=C2C(=O)Nc1cccnc1. The molecule has 4 aliphatic rings. The molecule has 1 amide bonds. The maximum Gasteiger partial charge on any atom is 0.251 e. The van der Waals surface area contributed by atoms with Gasteiger partial charge in [0.2, 0.25) is 0 Å². The van der Waals surface area contributed by atoms with Crippen molar-refractivity contribution in [1.82, 2.24) is 4.98 Å². The normalized spacial score (nSPS) is 35.1. The highest BCUT2D eigenvalue weighted by atomic mass is 16.3. The van der Waals surface area contributed by atoms with Gasteiger partial charge < -0.3 is 10.4 Å². The van der Waals surface area contributed by atoms with Gasteiger partial charge in [0.1, 0.15) is 5.78 Å². The first-order valence-corrected chi connectivity index (χ1v) is 11.0. The van der Waals surface area contributed by atoms with E-state index in [1.165, 1.54) is 5.57 Å². The number of allylic oxidation sites excluding steroid dienone is 3. The largest absolute Gasteiger partial charge is 0.385 e. The van der Waals surface area contributed by atoms with E-state index in [1.54, 1.807) is 18.5 Å². The predicted octanol–water partition coefficient (Wildman–Crippen LogP) is 4.12. The van der Waals surface area contributed by atoms with Crippen LogP contribution in [0.1, 0.15) is 51.9 Å². The Morgan fingerprint density at radius 2 is 2.17 bits per heavy atom. The van der Waals surface area contributed by atoms with Crippen molar-refractivity contribution in [3.05, 3.63) is 59.5 Å². The molecule has 1 saturated carbocycles. The molecular formula is C25H28N2O3. The van der Waals surface area contributed by atoms with Crippen molar-refractivity contribution >= 4 is 17.4 Å². The van der Waals surface area contributed by atoms with E-state index < -0.39 is 11.0 Å². The first-order valence-electron chi connectivity index (χ1n) is 11.0. The summed E-state index contributed by atoms with van der Waals surface area (Å²) in [5.41, 5.74) is 2.39. The maximum absolute atomic E-state index is 13.1. The van der Waals surface area contributed by atoms with Crippen LogP contribution in [-0.4, -0.2) is 27.4 Å². The van der Waals surface area contributed by atoms with Gasteiger partial charge >= 0.3 is 0 Å². The van der Waals surface area contributed by atoms with Gasteiger partial charge in [-0.1, -0.05) is 30.7 Å². The number of fused-ring (bicyclic) bond motifs is 4. The molecule has 5 heteroatoms. The van der Waals surface area contributed by atoms with Crippen LogP contribution in [0.5, 0.6) is 0 Å². The van der Waals surface area contributed by atoms with Crippen LogP contribution >= 0.6 is 0 Å². The number of anilines is 1. The molecule has 1 aromatic heterocycles. The van der Waals surface area contributed by atoms with Crippen molar-refractivity contribution in [2.24, 2.45) is 17.3 Å². The third kappa shape index (κ3) is 2.99. The van der Waals surface area contributed by atoms with Crippen LogP contribution in [-0.2, 0) is 9.59 Å². The van der Waals surface area contributed by atoms with Crippen LogP contribution in [0.25, 0.3) is 0 Å². The predicted molar refractivity (Wildman–Crippen MR) is 114 cm³/mol. The lowest BCUT2D eigenvalue weighted by atomic mass is 9.59. The van der Waals surface area contributed by atoms with E-state index >= 15 is 0 Å². The summed E-state index contributed by atoms with van der Waals surface area (Å²) >= 11 is 0. The van der Waals surface area contributed by atoms with Gasteiger partial charge in [0.25, 0.3) is 5.91 Å². The fourth-order valence-electron chi connectivity index (χ4n) is 6.15. The average molecular weight is 405 g/mol. The van der Waals surface area contributed by atoms with Gasteiger partial charge in [0.05, 0.1) is 17.5 Å². The molecule has 4 atom stereocenters. The second kappa shape index (κ2) is 7.02. The lowest BCUT2D eigenvalue weighted by Gasteiger charge is -2.48. The Bertz CT molecular complexity index is 993. The van der Waals surface area contributed by atoms with Gasteiger partial charge in [-0.2, -0.15) is 0 Å². The van der Waals surface area contributed by atoms with Crippen LogP contribution in [0.2, 0.25) is 0 Å². The number of ketones is 1. The summed E-state index contributed by atoms with van der Waals surface area (Å²) < 4.78 is 0. The summed E-state index contributed by atoms with van der Waals surface area (Å²) in [6.07, 6.45) is 14.6. The second-order valence-corrected chi connectivity index (χ2v) is 9.50. The summed E-state index contributed by atoms with van der Waals surface area (Å²) in [7, 11) is 0. The number of aromatic nitrogens is 1. The molecule has 30 heavy (non-hydrogen) atoms. The number of aliphatic hydroxyl groups is 1. The third-order valence-corrected chi connectivity index (χ3v) is 7.83. The summed E-state index contributed by atoms with van der Waals surface area (Å²) in [6, 6.07) is 3.62. The first kappa shape index (κ1) is 19.4. The standard InChI is InChI=1S/C25H28N2O3/c1-24-10-9-18-13-16-4-5-20(28)14-17(16)8-11-25(18,30)22(24)7-6-21(24)23(29)27-19-3-2-12-26-15-19/h2-3,6,9,12-13,15,17,22,30H,4-5,7-8,10-11,14H2,1H3,(H,27,29)/t17?,22?,24?,25-/m1/s1. The third-order valence-electron chi connectivity index (χ3n) is 7.83. The van der Waals surface area contributed by atoms with E-state index in [1.807, 2.05) is 12.1 Å². The molecule has 0 radical (unpaired) electrons. The first-order chi connectivity index (χ1) is 14.4. The van der Waals surface area contributed by atoms with E-state index in [-0.39, 0.29) is 17.7 Å². The quantitative estimate of drug-likeness (QED) is 0.777. The number of Topliss-reactive ketones (excluding diaryl/α,β-unsaturated/α-hetero) is 1. The van der Waals surface area contributed by atoms with Gasteiger partial charge in [0.15, 0.2) is 0 Å². The number of carbonyl (C=O) groups excluding carboxylic acids is 2. The number of hydrogen-bond acceptors (Lipinski definition) is 4. The lowest BCUT2D eigenvalue weighted by Crippen LogP contribution is -2.49. The number of hydrogen-bond donors (Lipinski definition) is 2. The Kier molecular flexibility index (Phi) is 4.55. The van der Waals surface area contributed by atoms with E-state index in [0.717, 1.165) is 30.4 Å². The van der Waals surface area contributed by atoms with Crippen molar-refractivity contribution < 1.29 is 14.7 Å². The van der Waals surface area contributed by atoms with Gasteiger partial charge in [-0.05, 0) is 55.7 Å². The van der Waals surface area contributed by atoms with Crippen LogP contribution in [0.3, 0.4) is 0 Å². The molecule has 156 valence electrons. The number of pyridine rings is 1. The van der Waals surface area contributed by atoms with Crippen LogP contribution in [0.4, 0.5) is 5.69 Å². The van der Waals surface area contributed by atoms with Crippen molar-refractivity contribution in [2.75, 3.05) is 5.32 Å². The monoisotopic (exact) mass is 404 g/mol. The van der Waals surface area contributed by atoms with Crippen molar-refractivity contribution in [3.63, 3.8) is 0 Å². The summed E-state index contributed by atoms with van der Waals surface area (Å²) in [5.74, 6) is 0.451. The molecule has 5 nitrogen and oxygen atoms in total. The van der Waals surface area contributed by atoms with Crippen LogP contribution in [0.15, 0.2) is 59.5 Å². The molecule has 4 aliphatic carbocycles. The highest BCUT2D eigenvalue weighted by Gasteiger charge is 2.56. The average Bonchev–Trinajstić information content (AvgIpc) is 3.02. The highest BCUT2D eigenvalue weighted by molar-refractivity contribution is 6.05. The van der Waals surface area contributed by atoms with E-state index in [2.05, 4.69) is 29.4 Å². The zero-order valence-electron chi connectivity index (χ0n) is 17.4. The van der Waals surface area contributed by atoms with E-state index in [4.69, 9.17) is 0 Å². The molecule has 1 fully saturated rings. The molecule has 0 bridgehead atoms. The molecular weight excluding hydrogens is 376 g/mol. The molecule has 3 unspecified atom stereocenters. The van der Waals surface area contributed by atoms with Gasteiger partial charge in [-0.25, -0.2) is 0 Å². The molecule has 5 rings (SSSR count). The minimum atomic E-state index is -0.951. The van der Waals surface area contributed by atoms with Crippen molar-refractivity contribution in [1.29, 1.82) is 0 Å². The Morgan fingerprint density at radius 3 is 2.97 bits per heavy atom. The summed E-state index contributed by atoms with van der Waals surface area (Å²) in [5, 5.41) is 14.9. The molecule has 0 aliphatic heterocycles. The number of nitrogens with one attached hydrogen (secondary N) is 1. The molecule has 1 heterocycles. The number of amides is 1. The Labute approximate surface area is 177 Å². The van der Waals surface area contributed by atoms with Gasteiger partial charge in [0, 0.05) is 35.9 Å². The fourth-order valence-corrected chi connectivity index (χ4v) is 6.15. The molecule has 2 N–H and O–H groups in total. The summed E-state index contributed by atoms with van der Waals surface area (Å²) in [6.45, 7) is 2.11. The smallest absolute Gasteiger partial charge is 0.251 e. The van der Waals surface area contributed by atoms with E-state index in [0.29, 0.717) is 37.2 Å². The van der Waals surface area contributed by atoms with E-state index in [9.17, 15) is 14.7 Å². The fraction of sp³-hybridized carbons (Fsp3) is 0.480. The second-order valence-electron chi connectivity index (χ2n) is 9.50. The van der Waals surface area contributed by atoms with Gasteiger partial charge in [-0.3, -0.25) is 14.6 Å². The van der Waals surface area contributed by atoms with Crippen molar-refractivity contribution in [3.8, 4) is 0 Å². The minimum Gasteiger partial charge on any atom is -0.385 e. The van der Waals surface area contributed by atoms with Gasteiger partial charge in [-0.15, -0.1) is 0 Å². The zero-order valence-corrected chi connectivity index (χ0v) is 17.4. The number of rotatable bonds is 2. The van der Waals surface area contributed by atoms with Crippen LogP contribution in [0, 0.1) is 17.3 Å². The lowest BCUT2D eigenvalue weighted by molar-refractivity contribution is -0.121.